The van der Waals surface area contributed by atoms with Crippen LogP contribution in [0.15, 0.2) is 12.1 Å². The summed E-state index contributed by atoms with van der Waals surface area (Å²) < 4.78 is 1.91. The molecule has 0 saturated heterocycles. The topological polar surface area (TPSA) is 38.0 Å². The fourth-order valence-electron chi connectivity index (χ4n) is 2.94. The minimum Gasteiger partial charge on any atom is -0.386 e. The van der Waals surface area contributed by atoms with Crippen LogP contribution in [0.3, 0.4) is 0 Å². The molecule has 2 aromatic rings. The first-order valence-electron chi connectivity index (χ1n) is 7.07. The maximum Gasteiger partial charge on any atom is 0.0991 e. The van der Waals surface area contributed by atoms with Gasteiger partial charge in [-0.3, -0.25) is 4.68 Å². The predicted molar refractivity (Wildman–Crippen MR) is 82.1 cm³/mol. The van der Waals surface area contributed by atoms with Crippen molar-refractivity contribution >= 4 is 0 Å². The Hall–Kier alpha value is -1.61. The summed E-state index contributed by atoms with van der Waals surface area (Å²) in [4.78, 5) is 0. The molecule has 0 aliphatic heterocycles. The number of aromatic nitrogens is 2. The molecule has 0 spiro atoms. The van der Waals surface area contributed by atoms with Crippen LogP contribution in [-0.2, 0) is 6.54 Å². The van der Waals surface area contributed by atoms with E-state index in [9.17, 15) is 5.11 Å². The molecule has 1 aromatic heterocycles. The molecule has 1 heterocycles. The molecular formula is C17H24N2O. The van der Waals surface area contributed by atoms with Crippen LogP contribution in [0, 0.1) is 41.5 Å². The summed E-state index contributed by atoms with van der Waals surface area (Å²) in [5.41, 5.74) is 7.92. The Kier molecular flexibility index (Phi) is 4.00. The third kappa shape index (κ3) is 2.63. The summed E-state index contributed by atoms with van der Waals surface area (Å²) in [6.45, 7) is 12.8. The molecule has 0 amide bonds. The second-order valence-corrected chi connectivity index (χ2v) is 5.81. The van der Waals surface area contributed by atoms with Gasteiger partial charge in [-0.05, 0) is 63.8 Å². The van der Waals surface area contributed by atoms with E-state index in [2.05, 4.69) is 51.9 Å². The van der Waals surface area contributed by atoms with E-state index in [0.29, 0.717) is 6.54 Å². The SMILES string of the molecule is Cc1cc(C)c(C(O)Cn2nc(C)c(C)c2C)c(C)c1. The largest absolute Gasteiger partial charge is 0.386 e. The third-order valence-electron chi connectivity index (χ3n) is 4.16. The molecule has 0 aliphatic carbocycles. The molecule has 108 valence electrons. The fourth-order valence-corrected chi connectivity index (χ4v) is 2.94. The summed E-state index contributed by atoms with van der Waals surface area (Å²) in [5, 5.41) is 15.1. The average Bonchev–Trinajstić information content (AvgIpc) is 2.55. The molecule has 0 aliphatic rings. The Morgan fingerprint density at radius 1 is 1.05 bits per heavy atom. The van der Waals surface area contributed by atoms with Crippen molar-refractivity contribution in [3.63, 3.8) is 0 Å². The zero-order valence-electron chi connectivity index (χ0n) is 13.3. The van der Waals surface area contributed by atoms with Crippen molar-refractivity contribution in [2.24, 2.45) is 0 Å². The lowest BCUT2D eigenvalue weighted by molar-refractivity contribution is 0.149. The lowest BCUT2D eigenvalue weighted by atomic mass is 9.95. The van der Waals surface area contributed by atoms with Gasteiger partial charge >= 0.3 is 0 Å². The minimum absolute atomic E-state index is 0.505. The van der Waals surface area contributed by atoms with Crippen molar-refractivity contribution in [2.75, 3.05) is 0 Å². The smallest absolute Gasteiger partial charge is 0.0991 e. The number of aliphatic hydroxyl groups is 1. The normalized spacial score (nSPS) is 12.8. The van der Waals surface area contributed by atoms with Crippen molar-refractivity contribution in [3.05, 3.63) is 51.3 Å². The van der Waals surface area contributed by atoms with E-state index in [1.54, 1.807) is 0 Å². The highest BCUT2D eigenvalue weighted by Crippen LogP contribution is 2.25. The molecule has 1 atom stereocenters. The van der Waals surface area contributed by atoms with Gasteiger partial charge in [-0.1, -0.05) is 17.7 Å². The van der Waals surface area contributed by atoms with Crippen LogP contribution >= 0.6 is 0 Å². The van der Waals surface area contributed by atoms with Crippen LogP contribution in [0.4, 0.5) is 0 Å². The van der Waals surface area contributed by atoms with E-state index in [0.717, 1.165) is 28.1 Å². The van der Waals surface area contributed by atoms with E-state index in [1.165, 1.54) is 11.1 Å². The van der Waals surface area contributed by atoms with Gasteiger partial charge in [0.1, 0.15) is 0 Å². The Balaban J connectivity index is 2.33. The molecular weight excluding hydrogens is 248 g/mol. The first-order chi connectivity index (χ1) is 9.31. The van der Waals surface area contributed by atoms with Gasteiger partial charge in [-0.15, -0.1) is 0 Å². The number of nitrogens with zero attached hydrogens (tertiary/aromatic N) is 2. The van der Waals surface area contributed by atoms with E-state index >= 15 is 0 Å². The Labute approximate surface area is 121 Å². The van der Waals surface area contributed by atoms with Gasteiger partial charge < -0.3 is 5.11 Å². The van der Waals surface area contributed by atoms with E-state index in [4.69, 9.17) is 0 Å². The molecule has 3 heteroatoms. The number of hydrogen-bond donors (Lipinski definition) is 1. The number of aliphatic hydroxyl groups excluding tert-OH is 1. The third-order valence-corrected chi connectivity index (χ3v) is 4.16. The molecule has 3 nitrogen and oxygen atoms in total. The maximum absolute atomic E-state index is 10.6. The van der Waals surface area contributed by atoms with Gasteiger partial charge in [0.15, 0.2) is 0 Å². The van der Waals surface area contributed by atoms with E-state index < -0.39 is 6.10 Å². The first kappa shape index (κ1) is 14.8. The predicted octanol–water partition coefficient (Wildman–Crippen LogP) is 3.47. The monoisotopic (exact) mass is 272 g/mol. The lowest BCUT2D eigenvalue weighted by Crippen LogP contribution is -2.14. The van der Waals surface area contributed by atoms with Crippen LogP contribution in [-0.4, -0.2) is 14.9 Å². The second-order valence-electron chi connectivity index (χ2n) is 5.81. The van der Waals surface area contributed by atoms with Crippen LogP contribution < -0.4 is 0 Å². The highest BCUT2D eigenvalue weighted by Gasteiger charge is 2.17. The molecule has 20 heavy (non-hydrogen) atoms. The quantitative estimate of drug-likeness (QED) is 0.929. The molecule has 1 unspecified atom stereocenters. The molecule has 0 radical (unpaired) electrons. The van der Waals surface area contributed by atoms with Crippen molar-refractivity contribution in [1.29, 1.82) is 0 Å². The van der Waals surface area contributed by atoms with Gasteiger partial charge in [0, 0.05) is 5.69 Å². The molecule has 2 rings (SSSR count). The zero-order chi connectivity index (χ0) is 15.0. The summed E-state index contributed by atoms with van der Waals surface area (Å²) in [5.74, 6) is 0. The number of hydrogen-bond acceptors (Lipinski definition) is 2. The highest BCUT2D eigenvalue weighted by atomic mass is 16.3. The number of rotatable bonds is 3. The van der Waals surface area contributed by atoms with E-state index in [1.807, 2.05) is 11.6 Å². The van der Waals surface area contributed by atoms with Crippen molar-refractivity contribution < 1.29 is 5.11 Å². The highest BCUT2D eigenvalue weighted by molar-refractivity contribution is 5.39. The van der Waals surface area contributed by atoms with Crippen molar-refractivity contribution in [1.82, 2.24) is 9.78 Å². The fraction of sp³-hybridized carbons (Fsp3) is 0.471. The minimum atomic E-state index is -0.520. The molecule has 0 fully saturated rings. The van der Waals surface area contributed by atoms with Gasteiger partial charge in [0.2, 0.25) is 0 Å². The Morgan fingerprint density at radius 2 is 1.60 bits per heavy atom. The molecule has 1 N–H and O–H groups in total. The zero-order valence-corrected chi connectivity index (χ0v) is 13.3. The molecule has 0 bridgehead atoms. The van der Waals surface area contributed by atoms with Crippen molar-refractivity contribution in [2.45, 2.75) is 54.2 Å². The summed E-state index contributed by atoms with van der Waals surface area (Å²) in [7, 11) is 0. The van der Waals surface area contributed by atoms with Gasteiger partial charge in [0.25, 0.3) is 0 Å². The second kappa shape index (κ2) is 5.41. The van der Waals surface area contributed by atoms with E-state index in [-0.39, 0.29) is 0 Å². The summed E-state index contributed by atoms with van der Waals surface area (Å²) in [6.07, 6.45) is -0.520. The number of benzene rings is 1. The Bertz CT molecular complexity index is 618. The summed E-state index contributed by atoms with van der Waals surface area (Å²) in [6, 6.07) is 4.25. The van der Waals surface area contributed by atoms with Gasteiger partial charge in [-0.25, -0.2) is 0 Å². The van der Waals surface area contributed by atoms with Crippen LogP contribution in [0.5, 0.6) is 0 Å². The van der Waals surface area contributed by atoms with Crippen molar-refractivity contribution in [3.8, 4) is 0 Å². The lowest BCUT2D eigenvalue weighted by Gasteiger charge is -2.18. The van der Waals surface area contributed by atoms with Crippen LogP contribution in [0.25, 0.3) is 0 Å². The first-order valence-corrected chi connectivity index (χ1v) is 7.07. The van der Waals surface area contributed by atoms with Crippen LogP contribution in [0.2, 0.25) is 0 Å². The summed E-state index contributed by atoms with van der Waals surface area (Å²) >= 11 is 0. The number of aryl methyl sites for hydroxylation is 4. The standard InChI is InChI=1S/C17H24N2O/c1-10-7-11(2)17(12(3)8-10)16(20)9-19-15(6)13(4)14(5)18-19/h7-8,16,20H,9H2,1-6H3. The van der Waals surface area contributed by atoms with Gasteiger partial charge in [-0.2, -0.15) is 5.10 Å². The van der Waals surface area contributed by atoms with Gasteiger partial charge in [0.05, 0.1) is 18.3 Å². The molecule has 1 aromatic carbocycles. The molecule has 0 saturated carbocycles. The Morgan fingerprint density at radius 3 is 2.05 bits per heavy atom. The average molecular weight is 272 g/mol. The van der Waals surface area contributed by atoms with Crippen LogP contribution in [0.1, 0.15) is 45.3 Å². The maximum atomic E-state index is 10.6.